The van der Waals surface area contributed by atoms with Gasteiger partial charge in [0, 0.05) is 38.6 Å². The summed E-state index contributed by atoms with van der Waals surface area (Å²) >= 11 is 0. The maximum atomic E-state index is 13.5. The van der Waals surface area contributed by atoms with E-state index >= 15 is 0 Å². The fourth-order valence-corrected chi connectivity index (χ4v) is 4.87. The Balaban J connectivity index is 1.47. The highest BCUT2D eigenvalue weighted by Crippen LogP contribution is 2.40. The number of piperidine rings is 2. The Morgan fingerprint density at radius 1 is 1.21 bits per heavy atom. The second-order valence-electron chi connectivity index (χ2n) is 8.48. The van der Waals surface area contributed by atoms with Gasteiger partial charge in [0.2, 0.25) is 11.8 Å². The molecule has 0 unspecified atom stereocenters. The molecule has 4 rings (SSSR count). The van der Waals surface area contributed by atoms with Gasteiger partial charge in [0.25, 0.3) is 5.91 Å². The van der Waals surface area contributed by atoms with Crippen molar-refractivity contribution in [2.24, 2.45) is 5.41 Å². The maximum absolute atomic E-state index is 13.5. The number of fused-ring (bicyclic) bond motifs is 1. The minimum Gasteiger partial charge on any atom is -0.484 e. The Morgan fingerprint density at radius 2 is 2.00 bits per heavy atom. The predicted molar refractivity (Wildman–Crippen MR) is 107 cm³/mol. The summed E-state index contributed by atoms with van der Waals surface area (Å²) in [6, 6.07) is 7.41. The van der Waals surface area contributed by atoms with Crippen molar-refractivity contribution in [2.45, 2.75) is 45.1 Å². The van der Waals surface area contributed by atoms with Gasteiger partial charge < -0.3 is 19.9 Å². The molecule has 7 heteroatoms. The molecule has 0 saturated carbocycles. The number of nitrogens with zero attached hydrogens (tertiary/aromatic N) is 2. The first-order chi connectivity index (χ1) is 14.0. The van der Waals surface area contributed by atoms with Crippen LogP contribution in [0.4, 0.5) is 0 Å². The van der Waals surface area contributed by atoms with Crippen molar-refractivity contribution in [3.8, 4) is 5.75 Å². The first-order valence-electron chi connectivity index (χ1n) is 10.5. The van der Waals surface area contributed by atoms with Crippen molar-refractivity contribution in [2.75, 3.05) is 32.8 Å². The van der Waals surface area contributed by atoms with Crippen molar-refractivity contribution in [3.63, 3.8) is 0 Å². The van der Waals surface area contributed by atoms with Crippen LogP contribution in [0.5, 0.6) is 5.75 Å². The number of ether oxygens (including phenoxy) is 1. The molecule has 1 N–H and O–H groups in total. The van der Waals surface area contributed by atoms with Gasteiger partial charge in [0.1, 0.15) is 5.75 Å². The zero-order chi connectivity index (χ0) is 20.4. The van der Waals surface area contributed by atoms with Gasteiger partial charge in [0.15, 0.2) is 6.61 Å². The summed E-state index contributed by atoms with van der Waals surface area (Å²) in [6.07, 6.45) is 3.47. The van der Waals surface area contributed by atoms with Crippen molar-refractivity contribution >= 4 is 17.7 Å². The van der Waals surface area contributed by atoms with Gasteiger partial charge in [-0.25, -0.2) is 0 Å². The van der Waals surface area contributed by atoms with Gasteiger partial charge in [-0.2, -0.15) is 0 Å². The minimum absolute atomic E-state index is 0.00223. The molecule has 3 heterocycles. The van der Waals surface area contributed by atoms with E-state index in [4.69, 9.17) is 4.74 Å². The topological polar surface area (TPSA) is 79.0 Å². The molecule has 0 radical (unpaired) electrons. The molecule has 29 heavy (non-hydrogen) atoms. The van der Waals surface area contributed by atoms with Crippen molar-refractivity contribution in [1.29, 1.82) is 0 Å². The Kier molecular flexibility index (Phi) is 5.48. The summed E-state index contributed by atoms with van der Waals surface area (Å²) in [4.78, 5) is 42.0. The molecule has 0 bridgehead atoms. The van der Waals surface area contributed by atoms with Gasteiger partial charge >= 0.3 is 0 Å². The summed E-state index contributed by atoms with van der Waals surface area (Å²) in [5.41, 5.74) is 0.360. The lowest BCUT2D eigenvalue weighted by Gasteiger charge is -2.50. The molecule has 3 amide bonds. The molecule has 0 aromatic heterocycles. The quantitative estimate of drug-likeness (QED) is 0.832. The molecule has 0 spiro atoms. The fraction of sp³-hybridized carbons (Fsp3) is 0.591. The van der Waals surface area contributed by atoms with E-state index in [-0.39, 0.29) is 30.4 Å². The van der Waals surface area contributed by atoms with Gasteiger partial charge in [-0.3, -0.25) is 14.4 Å². The number of aryl methyl sites for hydroxylation is 1. The average Bonchev–Trinajstić information content (AvgIpc) is 3.26. The molecular formula is C22H29N3O4. The highest BCUT2D eigenvalue weighted by atomic mass is 16.5. The van der Waals surface area contributed by atoms with Gasteiger partial charge in [-0.1, -0.05) is 12.1 Å². The monoisotopic (exact) mass is 399 g/mol. The second-order valence-corrected chi connectivity index (χ2v) is 8.48. The summed E-state index contributed by atoms with van der Waals surface area (Å²) in [6.45, 7) is 4.34. The Bertz CT molecular complexity index is 805. The van der Waals surface area contributed by atoms with Gasteiger partial charge in [-0.05, 0) is 50.3 Å². The molecule has 1 aromatic carbocycles. The van der Waals surface area contributed by atoms with E-state index in [1.807, 2.05) is 36.1 Å². The van der Waals surface area contributed by atoms with Crippen molar-refractivity contribution < 1.29 is 19.1 Å². The summed E-state index contributed by atoms with van der Waals surface area (Å²) in [5.74, 6) is 0.649. The van der Waals surface area contributed by atoms with Crippen molar-refractivity contribution in [3.05, 3.63) is 29.8 Å². The molecule has 3 fully saturated rings. The Labute approximate surface area is 171 Å². The predicted octanol–water partition coefficient (Wildman–Crippen LogP) is 1.49. The maximum Gasteiger partial charge on any atom is 0.260 e. The zero-order valence-electron chi connectivity index (χ0n) is 17.0. The highest BCUT2D eigenvalue weighted by molar-refractivity contribution is 5.89. The Hall–Kier alpha value is -2.57. The standard InChI is InChI=1S/C22H29N3O4/c1-16-5-4-6-17(13-16)29-14-20(27)25-12-8-18-22(15-25,9-7-19(26)23-18)21(28)24-10-2-3-11-24/h4-6,13,18H,2-3,7-12,14-15H2,1H3,(H,23,26)/t18-,22+/m1/s1. The molecule has 7 nitrogen and oxygen atoms in total. The van der Waals surface area contributed by atoms with Gasteiger partial charge in [-0.15, -0.1) is 0 Å². The lowest BCUT2D eigenvalue weighted by molar-refractivity contribution is -0.155. The summed E-state index contributed by atoms with van der Waals surface area (Å²) in [5, 5.41) is 3.03. The average molecular weight is 399 g/mol. The molecule has 3 saturated heterocycles. The van der Waals surface area contributed by atoms with E-state index in [1.165, 1.54) is 0 Å². The number of nitrogens with one attached hydrogen (secondary N) is 1. The molecule has 3 aliphatic heterocycles. The molecule has 2 atom stereocenters. The largest absolute Gasteiger partial charge is 0.484 e. The first-order valence-corrected chi connectivity index (χ1v) is 10.5. The van der Waals surface area contributed by atoms with Crippen LogP contribution in [0.3, 0.4) is 0 Å². The number of carbonyl (C=O) groups is 3. The summed E-state index contributed by atoms with van der Waals surface area (Å²) < 4.78 is 5.69. The van der Waals surface area contributed by atoms with Crippen molar-refractivity contribution in [1.82, 2.24) is 15.1 Å². The number of likely N-dealkylation sites (tertiary alicyclic amines) is 2. The minimum atomic E-state index is -0.713. The number of hydrogen-bond acceptors (Lipinski definition) is 4. The number of hydrogen-bond donors (Lipinski definition) is 1. The van der Waals surface area contributed by atoms with Crippen LogP contribution >= 0.6 is 0 Å². The highest BCUT2D eigenvalue weighted by Gasteiger charge is 2.54. The number of benzene rings is 1. The van der Waals surface area contributed by atoms with E-state index in [2.05, 4.69) is 5.32 Å². The third kappa shape index (κ3) is 3.95. The molecule has 0 aliphatic carbocycles. The SMILES string of the molecule is Cc1cccc(OCC(=O)N2CC[C@H]3NC(=O)CC[C@]3(C(=O)N3CCCC3)C2)c1. The van der Waals surface area contributed by atoms with Crippen LogP contribution in [0.25, 0.3) is 0 Å². The number of amides is 3. The normalized spacial score (nSPS) is 26.7. The fourth-order valence-electron chi connectivity index (χ4n) is 4.87. The first kappa shape index (κ1) is 19.7. The molecule has 1 aromatic rings. The number of carbonyl (C=O) groups excluding carboxylic acids is 3. The Morgan fingerprint density at radius 3 is 2.76 bits per heavy atom. The molecule has 3 aliphatic rings. The van der Waals surface area contributed by atoms with Crippen LogP contribution in [0.1, 0.15) is 37.7 Å². The van der Waals surface area contributed by atoms with Crippen LogP contribution in [-0.2, 0) is 14.4 Å². The van der Waals surface area contributed by atoms with E-state index in [0.717, 1.165) is 31.5 Å². The van der Waals surface area contributed by atoms with E-state index in [1.54, 1.807) is 4.90 Å². The third-order valence-corrected chi connectivity index (χ3v) is 6.48. The smallest absolute Gasteiger partial charge is 0.260 e. The summed E-state index contributed by atoms with van der Waals surface area (Å²) in [7, 11) is 0. The lowest BCUT2D eigenvalue weighted by Crippen LogP contribution is -2.67. The second kappa shape index (κ2) is 8.05. The van der Waals surface area contributed by atoms with E-state index in [9.17, 15) is 14.4 Å². The van der Waals surface area contributed by atoms with Crippen LogP contribution in [-0.4, -0.2) is 66.3 Å². The van der Waals surface area contributed by atoms with E-state index < -0.39 is 5.41 Å². The van der Waals surface area contributed by atoms with Crippen LogP contribution in [0.15, 0.2) is 24.3 Å². The molecular weight excluding hydrogens is 370 g/mol. The van der Waals surface area contributed by atoms with Gasteiger partial charge in [0.05, 0.1) is 5.41 Å². The van der Waals surface area contributed by atoms with Crippen LogP contribution in [0, 0.1) is 12.3 Å². The third-order valence-electron chi connectivity index (χ3n) is 6.48. The van der Waals surface area contributed by atoms with Crippen LogP contribution in [0.2, 0.25) is 0 Å². The number of rotatable bonds is 4. The van der Waals surface area contributed by atoms with E-state index in [0.29, 0.717) is 38.1 Å². The van der Waals surface area contributed by atoms with Crippen LogP contribution < -0.4 is 10.1 Å². The zero-order valence-corrected chi connectivity index (χ0v) is 17.0. The molecule has 156 valence electrons. The lowest BCUT2D eigenvalue weighted by atomic mass is 9.69.